The number of hydrogen-bond donors (Lipinski definition) is 0. The summed E-state index contributed by atoms with van der Waals surface area (Å²) >= 11 is 3.40. The van der Waals surface area contributed by atoms with Crippen molar-refractivity contribution in [3.8, 4) is 0 Å². The number of benzene rings is 1. The Bertz CT molecular complexity index is 358. The van der Waals surface area contributed by atoms with Crippen molar-refractivity contribution in [3.63, 3.8) is 0 Å². The van der Waals surface area contributed by atoms with Crippen molar-refractivity contribution in [1.82, 2.24) is 0 Å². The molecule has 1 aliphatic rings. The number of carbonyl (C=O) groups excluding carboxylic acids is 1. The van der Waals surface area contributed by atoms with Crippen LogP contribution in [0.1, 0.15) is 24.8 Å². The van der Waals surface area contributed by atoms with Crippen molar-refractivity contribution in [1.29, 1.82) is 0 Å². The average Bonchev–Trinajstić information content (AvgIpc) is 2.61. The van der Waals surface area contributed by atoms with Gasteiger partial charge in [0.25, 0.3) is 0 Å². The Morgan fingerprint density at radius 3 is 2.67 bits per heavy atom. The zero-order valence-electron chi connectivity index (χ0n) is 8.57. The molecule has 0 bridgehead atoms. The number of ether oxygens (including phenoxy) is 1. The van der Waals surface area contributed by atoms with Gasteiger partial charge in [0.2, 0.25) is 0 Å². The van der Waals surface area contributed by atoms with Crippen LogP contribution in [-0.2, 0) is 9.53 Å². The molecular weight excluding hydrogens is 256 g/mol. The van der Waals surface area contributed by atoms with E-state index in [1.54, 1.807) is 0 Å². The Morgan fingerprint density at radius 2 is 2.07 bits per heavy atom. The molecule has 0 radical (unpaired) electrons. The number of hydrogen-bond acceptors (Lipinski definition) is 2. The largest absolute Gasteiger partial charge is 0.465 e. The molecule has 2 atom stereocenters. The summed E-state index contributed by atoms with van der Waals surface area (Å²) in [5, 5.41) is 0. The van der Waals surface area contributed by atoms with Crippen LogP contribution in [0.4, 0.5) is 0 Å². The quantitative estimate of drug-likeness (QED) is 0.771. The van der Waals surface area contributed by atoms with Gasteiger partial charge in [0.15, 0.2) is 0 Å². The summed E-state index contributed by atoms with van der Waals surface area (Å²) in [6.45, 7) is 2.56. The first kappa shape index (κ1) is 10.7. The zero-order chi connectivity index (χ0) is 10.8. The van der Waals surface area contributed by atoms with E-state index in [0.29, 0.717) is 6.61 Å². The minimum Gasteiger partial charge on any atom is -0.465 e. The van der Waals surface area contributed by atoms with Crippen LogP contribution in [0, 0.1) is 5.92 Å². The molecule has 1 aliphatic heterocycles. The van der Waals surface area contributed by atoms with Gasteiger partial charge < -0.3 is 4.74 Å². The van der Waals surface area contributed by atoms with Gasteiger partial charge in [-0.3, -0.25) is 4.79 Å². The standard InChI is InChI=1S/C12H13BrO2/c1-2-10-11(7-15-12(10)14)8-3-5-9(13)6-4-8/h3-6,10-11H,2,7H2,1H3/t10-,11+/m0/s1. The van der Waals surface area contributed by atoms with E-state index in [0.717, 1.165) is 10.9 Å². The summed E-state index contributed by atoms with van der Waals surface area (Å²) in [5.41, 5.74) is 1.19. The predicted molar refractivity (Wildman–Crippen MR) is 61.6 cm³/mol. The third-order valence-electron chi connectivity index (χ3n) is 2.93. The fourth-order valence-corrected chi connectivity index (χ4v) is 2.31. The zero-order valence-corrected chi connectivity index (χ0v) is 10.2. The highest BCUT2D eigenvalue weighted by Crippen LogP contribution is 2.34. The van der Waals surface area contributed by atoms with E-state index in [1.165, 1.54) is 5.56 Å². The molecule has 0 N–H and O–H groups in total. The molecular formula is C12H13BrO2. The third kappa shape index (κ3) is 2.07. The molecule has 1 aromatic rings. The molecule has 0 unspecified atom stereocenters. The molecule has 15 heavy (non-hydrogen) atoms. The van der Waals surface area contributed by atoms with Crippen molar-refractivity contribution in [2.45, 2.75) is 19.3 Å². The van der Waals surface area contributed by atoms with Crippen LogP contribution in [0.2, 0.25) is 0 Å². The molecule has 3 heteroatoms. The number of cyclic esters (lactones) is 1. The molecule has 1 aromatic carbocycles. The summed E-state index contributed by atoms with van der Waals surface area (Å²) in [7, 11) is 0. The van der Waals surface area contributed by atoms with Crippen LogP contribution in [0.15, 0.2) is 28.7 Å². The molecule has 1 saturated heterocycles. The van der Waals surface area contributed by atoms with Gasteiger partial charge in [0.05, 0.1) is 12.5 Å². The van der Waals surface area contributed by atoms with Crippen LogP contribution < -0.4 is 0 Å². The Morgan fingerprint density at radius 1 is 1.40 bits per heavy atom. The number of esters is 1. The Labute approximate surface area is 97.8 Å². The Kier molecular flexibility index (Phi) is 3.10. The summed E-state index contributed by atoms with van der Waals surface area (Å²) < 4.78 is 6.16. The maximum Gasteiger partial charge on any atom is 0.309 e. The van der Waals surface area contributed by atoms with E-state index >= 15 is 0 Å². The van der Waals surface area contributed by atoms with E-state index in [1.807, 2.05) is 19.1 Å². The summed E-state index contributed by atoms with van der Waals surface area (Å²) in [6.07, 6.45) is 0.847. The molecule has 2 nitrogen and oxygen atoms in total. The molecule has 0 aromatic heterocycles. The molecule has 80 valence electrons. The maximum absolute atomic E-state index is 11.4. The van der Waals surface area contributed by atoms with E-state index < -0.39 is 0 Å². The van der Waals surface area contributed by atoms with Crippen molar-refractivity contribution in [2.24, 2.45) is 5.92 Å². The van der Waals surface area contributed by atoms with Crippen LogP contribution in [0.25, 0.3) is 0 Å². The van der Waals surface area contributed by atoms with Crippen LogP contribution >= 0.6 is 15.9 Å². The number of halogens is 1. The summed E-state index contributed by atoms with van der Waals surface area (Å²) in [6, 6.07) is 8.12. The lowest BCUT2D eigenvalue weighted by Crippen LogP contribution is -2.13. The molecule has 0 aliphatic carbocycles. The van der Waals surface area contributed by atoms with Gasteiger partial charge >= 0.3 is 5.97 Å². The van der Waals surface area contributed by atoms with E-state index in [9.17, 15) is 4.79 Å². The van der Waals surface area contributed by atoms with Crippen molar-refractivity contribution >= 4 is 21.9 Å². The highest BCUT2D eigenvalue weighted by molar-refractivity contribution is 9.10. The lowest BCUT2D eigenvalue weighted by molar-refractivity contribution is -0.141. The molecule has 1 heterocycles. The van der Waals surface area contributed by atoms with Gasteiger partial charge in [-0.15, -0.1) is 0 Å². The summed E-state index contributed by atoms with van der Waals surface area (Å²) in [4.78, 5) is 11.4. The molecule has 1 fully saturated rings. The fourth-order valence-electron chi connectivity index (χ4n) is 2.05. The van der Waals surface area contributed by atoms with Crippen LogP contribution in [0.5, 0.6) is 0 Å². The monoisotopic (exact) mass is 268 g/mol. The minimum absolute atomic E-state index is 0.0335. The predicted octanol–water partition coefficient (Wildman–Crippen LogP) is 3.12. The first-order chi connectivity index (χ1) is 7.22. The van der Waals surface area contributed by atoms with Gasteiger partial charge in [0, 0.05) is 10.4 Å². The third-order valence-corrected chi connectivity index (χ3v) is 3.46. The highest BCUT2D eigenvalue weighted by atomic mass is 79.9. The second-order valence-electron chi connectivity index (χ2n) is 3.80. The van der Waals surface area contributed by atoms with Crippen molar-refractivity contribution in [2.75, 3.05) is 6.61 Å². The normalized spacial score (nSPS) is 25.3. The van der Waals surface area contributed by atoms with E-state index in [4.69, 9.17) is 4.74 Å². The molecule has 2 rings (SSSR count). The van der Waals surface area contributed by atoms with Gasteiger partial charge in [-0.05, 0) is 24.1 Å². The maximum atomic E-state index is 11.4. The van der Waals surface area contributed by atoms with Gasteiger partial charge in [0.1, 0.15) is 0 Å². The average molecular weight is 269 g/mol. The van der Waals surface area contributed by atoms with Gasteiger partial charge in [-0.2, -0.15) is 0 Å². The van der Waals surface area contributed by atoms with Crippen LogP contribution in [0.3, 0.4) is 0 Å². The number of rotatable bonds is 2. The van der Waals surface area contributed by atoms with Gasteiger partial charge in [-0.25, -0.2) is 0 Å². The first-order valence-electron chi connectivity index (χ1n) is 5.14. The lowest BCUT2D eigenvalue weighted by atomic mass is 9.87. The second kappa shape index (κ2) is 4.35. The van der Waals surface area contributed by atoms with Crippen molar-refractivity contribution < 1.29 is 9.53 Å². The van der Waals surface area contributed by atoms with E-state index in [2.05, 4.69) is 28.1 Å². The van der Waals surface area contributed by atoms with Gasteiger partial charge in [-0.1, -0.05) is 35.0 Å². The second-order valence-corrected chi connectivity index (χ2v) is 4.72. The van der Waals surface area contributed by atoms with Crippen LogP contribution in [-0.4, -0.2) is 12.6 Å². The Balaban J connectivity index is 2.23. The number of carbonyl (C=O) groups is 1. The summed E-state index contributed by atoms with van der Waals surface area (Å²) in [5.74, 6) is 0.215. The Hall–Kier alpha value is -0.830. The smallest absolute Gasteiger partial charge is 0.309 e. The molecule has 0 amide bonds. The highest BCUT2D eigenvalue weighted by Gasteiger charge is 2.36. The first-order valence-corrected chi connectivity index (χ1v) is 5.93. The molecule has 0 spiro atoms. The topological polar surface area (TPSA) is 26.3 Å². The SMILES string of the molecule is CC[C@@H]1C(=O)OC[C@@H]1c1ccc(Br)cc1. The molecule has 0 saturated carbocycles. The fraction of sp³-hybridized carbons (Fsp3) is 0.417. The van der Waals surface area contributed by atoms with Crippen molar-refractivity contribution in [3.05, 3.63) is 34.3 Å². The minimum atomic E-state index is -0.0505. The van der Waals surface area contributed by atoms with E-state index in [-0.39, 0.29) is 17.8 Å². The lowest BCUT2D eigenvalue weighted by Gasteiger charge is -2.13.